The monoisotopic (exact) mass is 508 g/mol. The van der Waals surface area contributed by atoms with Crippen LogP contribution in [-0.4, -0.2) is 38.2 Å². The first-order chi connectivity index (χ1) is 13.0. The molecular weight excluding hydrogens is 485 g/mol. The number of rotatable bonds is 9. The van der Waals surface area contributed by atoms with Gasteiger partial charge in [0, 0.05) is 18.3 Å². The second kappa shape index (κ2) is 12.2. The van der Waals surface area contributed by atoms with Gasteiger partial charge >= 0.3 is 0 Å². The molecule has 0 aliphatic heterocycles. The van der Waals surface area contributed by atoms with Crippen molar-refractivity contribution in [3.63, 3.8) is 0 Å². The van der Waals surface area contributed by atoms with E-state index in [1.54, 1.807) is 32.4 Å². The molecular formula is C18H23F2IN4O3. The number of benzene rings is 1. The van der Waals surface area contributed by atoms with Crippen molar-refractivity contribution in [1.29, 1.82) is 0 Å². The van der Waals surface area contributed by atoms with Crippen molar-refractivity contribution in [3.8, 4) is 17.4 Å². The number of ether oxygens (including phenoxy) is 3. The second-order valence-electron chi connectivity index (χ2n) is 5.41. The van der Waals surface area contributed by atoms with Crippen molar-refractivity contribution in [3.05, 3.63) is 47.7 Å². The molecule has 0 saturated heterocycles. The number of guanidine groups is 1. The highest BCUT2D eigenvalue weighted by Gasteiger charge is 2.09. The minimum atomic E-state index is -2.57. The van der Waals surface area contributed by atoms with Crippen LogP contribution in [0.3, 0.4) is 0 Å². The van der Waals surface area contributed by atoms with E-state index in [0.717, 1.165) is 5.56 Å². The average Bonchev–Trinajstić information content (AvgIpc) is 2.69. The van der Waals surface area contributed by atoms with Crippen LogP contribution in [0.4, 0.5) is 8.78 Å². The first-order valence-electron chi connectivity index (χ1n) is 8.13. The van der Waals surface area contributed by atoms with Gasteiger partial charge in [-0.2, -0.15) is 0 Å². The molecule has 0 fully saturated rings. The van der Waals surface area contributed by atoms with Crippen LogP contribution in [0.15, 0.2) is 41.5 Å². The third-order valence-corrected chi connectivity index (χ3v) is 3.54. The Morgan fingerprint density at radius 1 is 1.21 bits per heavy atom. The van der Waals surface area contributed by atoms with Crippen molar-refractivity contribution in [2.75, 3.05) is 20.8 Å². The lowest BCUT2D eigenvalue weighted by molar-refractivity contribution is 0.0790. The van der Waals surface area contributed by atoms with E-state index in [4.69, 9.17) is 19.9 Å². The first kappa shape index (κ1) is 23.7. The van der Waals surface area contributed by atoms with Gasteiger partial charge in [0.15, 0.2) is 24.1 Å². The van der Waals surface area contributed by atoms with Crippen molar-refractivity contribution in [2.45, 2.75) is 19.5 Å². The normalized spacial score (nSPS) is 11.0. The molecule has 10 heteroatoms. The number of alkyl halides is 2. The van der Waals surface area contributed by atoms with Crippen molar-refractivity contribution in [2.24, 2.45) is 10.7 Å². The lowest BCUT2D eigenvalue weighted by Gasteiger charge is -2.11. The fourth-order valence-corrected chi connectivity index (χ4v) is 2.23. The molecule has 7 nitrogen and oxygen atoms in total. The van der Waals surface area contributed by atoms with Gasteiger partial charge in [-0.1, -0.05) is 12.1 Å². The maximum absolute atomic E-state index is 12.3. The number of halogens is 3. The Morgan fingerprint density at radius 3 is 2.64 bits per heavy atom. The zero-order valence-electron chi connectivity index (χ0n) is 15.5. The number of nitrogens with one attached hydrogen (secondary N) is 1. The fraction of sp³-hybridized carbons (Fsp3) is 0.333. The zero-order chi connectivity index (χ0) is 19.6. The Balaban J connectivity index is 0.00000392. The molecule has 0 aliphatic carbocycles. The van der Waals surface area contributed by atoms with Gasteiger partial charge in [0.2, 0.25) is 5.88 Å². The molecule has 0 spiro atoms. The highest BCUT2D eigenvalue weighted by molar-refractivity contribution is 14.0. The second-order valence-corrected chi connectivity index (χ2v) is 5.41. The zero-order valence-corrected chi connectivity index (χ0v) is 17.9. The Morgan fingerprint density at radius 2 is 1.96 bits per heavy atom. The third kappa shape index (κ3) is 7.33. The number of hydrogen-bond donors (Lipinski definition) is 2. The third-order valence-electron chi connectivity index (χ3n) is 3.54. The van der Waals surface area contributed by atoms with E-state index in [2.05, 4.69) is 15.3 Å². The van der Waals surface area contributed by atoms with Gasteiger partial charge in [-0.05, 0) is 23.8 Å². The molecule has 154 valence electrons. The maximum Gasteiger partial charge on any atom is 0.272 e. The molecule has 2 aromatic rings. The van der Waals surface area contributed by atoms with Crippen molar-refractivity contribution in [1.82, 2.24) is 10.3 Å². The number of methoxy groups -OCH3 is 2. The molecule has 0 radical (unpaired) electrons. The molecule has 0 atom stereocenters. The Hall–Kier alpha value is -2.37. The van der Waals surface area contributed by atoms with Crippen LogP contribution < -0.4 is 25.3 Å². The number of hydrogen-bond acceptors (Lipinski definition) is 5. The molecule has 2 rings (SSSR count). The fourth-order valence-electron chi connectivity index (χ4n) is 2.23. The molecule has 0 amide bonds. The molecule has 1 aromatic heterocycles. The Labute approximate surface area is 179 Å². The van der Waals surface area contributed by atoms with Gasteiger partial charge in [-0.25, -0.2) is 18.8 Å². The maximum atomic E-state index is 12.3. The first-order valence-corrected chi connectivity index (χ1v) is 8.13. The molecule has 0 aliphatic rings. The SMILES string of the molecule is COc1ccc(CN=C(N)NCc2cccnc2OCC(F)F)cc1OC.I. The lowest BCUT2D eigenvalue weighted by Crippen LogP contribution is -2.31. The van der Waals surface area contributed by atoms with E-state index in [0.29, 0.717) is 23.6 Å². The highest BCUT2D eigenvalue weighted by Crippen LogP contribution is 2.27. The minimum absolute atomic E-state index is 0. The molecule has 1 aromatic carbocycles. The molecule has 28 heavy (non-hydrogen) atoms. The van der Waals surface area contributed by atoms with Crippen LogP contribution in [0.1, 0.15) is 11.1 Å². The topological polar surface area (TPSA) is 91.0 Å². The number of aliphatic imine (C=N–C) groups is 1. The minimum Gasteiger partial charge on any atom is -0.493 e. The molecule has 3 N–H and O–H groups in total. The average molecular weight is 508 g/mol. The summed E-state index contributed by atoms with van der Waals surface area (Å²) in [4.78, 5) is 8.21. The summed E-state index contributed by atoms with van der Waals surface area (Å²) in [6.07, 6.45) is -1.10. The van der Waals surface area contributed by atoms with Crippen LogP contribution in [0.2, 0.25) is 0 Å². The van der Waals surface area contributed by atoms with Crippen LogP contribution in [-0.2, 0) is 13.1 Å². The van der Waals surface area contributed by atoms with Crippen LogP contribution in [0.25, 0.3) is 0 Å². The number of nitrogens with two attached hydrogens (primary N) is 1. The van der Waals surface area contributed by atoms with E-state index in [1.165, 1.54) is 6.20 Å². The van der Waals surface area contributed by atoms with Crippen LogP contribution in [0.5, 0.6) is 17.4 Å². The summed E-state index contributed by atoms with van der Waals surface area (Å²) in [6, 6.07) is 8.85. The summed E-state index contributed by atoms with van der Waals surface area (Å²) < 4.78 is 40.0. The molecule has 0 unspecified atom stereocenters. The van der Waals surface area contributed by atoms with Crippen LogP contribution >= 0.6 is 24.0 Å². The summed E-state index contributed by atoms with van der Waals surface area (Å²) in [7, 11) is 3.12. The summed E-state index contributed by atoms with van der Waals surface area (Å²) in [5.74, 6) is 1.57. The summed E-state index contributed by atoms with van der Waals surface area (Å²) in [5, 5.41) is 2.91. The van der Waals surface area contributed by atoms with Gasteiger partial charge in [-0.15, -0.1) is 24.0 Å². The standard InChI is InChI=1S/C18H22F2N4O3.HI/c1-25-14-6-5-12(8-15(14)26-2)9-23-18(21)24-10-13-4-3-7-22-17(13)27-11-16(19)20;/h3-8,16H,9-11H2,1-2H3,(H3,21,23,24);1H. The smallest absolute Gasteiger partial charge is 0.272 e. The Bertz CT molecular complexity index is 778. The van der Waals surface area contributed by atoms with Gasteiger partial charge in [0.05, 0.1) is 20.8 Å². The van der Waals surface area contributed by atoms with Gasteiger partial charge in [0.25, 0.3) is 6.43 Å². The van der Waals surface area contributed by atoms with E-state index < -0.39 is 13.0 Å². The van der Waals surface area contributed by atoms with Crippen molar-refractivity contribution >= 4 is 29.9 Å². The van der Waals surface area contributed by atoms with Gasteiger partial charge in [-0.3, -0.25) is 0 Å². The lowest BCUT2D eigenvalue weighted by atomic mass is 10.2. The number of nitrogens with zero attached hydrogens (tertiary/aromatic N) is 2. The largest absolute Gasteiger partial charge is 0.493 e. The van der Waals surface area contributed by atoms with E-state index in [1.807, 2.05) is 12.1 Å². The number of pyridine rings is 1. The quantitative estimate of drug-likeness (QED) is 0.308. The highest BCUT2D eigenvalue weighted by atomic mass is 127. The molecule has 0 bridgehead atoms. The van der Waals surface area contributed by atoms with Gasteiger partial charge in [0.1, 0.15) is 0 Å². The van der Waals surface area contributed by atoms with Crippen LogP contribution in [0, 0.1) is 0 Å². The van der Waals surface area contributed by atoms with E-state index in [9.17, 15) is 8.78 Å². The molecule has 0 saturated carbocycles. The predicted molar refractivity (Wildman–Crippen MR) is 113 cm³/mol. The summed E-state index contributed by atoms with van der Waals surface area (Å²) in [5.41, 5.74) is 7.36. The van der Waals surface area contributed by atoms with E-state index in [-0.39, 0.29) is 42.4 Å². The van der Waals surface area contributed by atoms with E-state index >= 15 is 0 Å². The van der Waals surface area contributed by atoms with Gasteiger partial charge < -0.3 is 25.3 Å². The molecule has 1 heterocycles. The predicted octanol–water partition coefficient (Wildman–Crippen LogP) is 2.97. The summed E-state index contributed by atoms with van der Waals surface area (Å²) >= 11 is 0. The van der Waals surface area contributed by atoms with Crippen molar-refractivity contribution < 1.29 is 23.0 Å². The Kier molecular flexibility index (Phi) is 10.3. The number of aromatic nitrogens is 1. The summed E-state index contributed by atoms with van der Waals surface area (Å²) in [6.45, 7) is -0.137.